The van der Waals surface area contributed by atoms with Crippen LogP contribution in [0.15, 0.2) is 0 Å². The standard InChI is InChI=1S/C12H21NO3/c1-15-11(14)12(5-3-6-13-12)8-10-4-2-7-16-9-10/h10,13H,2-9H2,1H3. The first kappa shape index (κ1) is 11.9. The topological polar surface area (TPSA) is 47.6 Å². The van der Waals surface area contributed by atoms with Gasteiger partial charge in [0.1, 0.15) is 5.54 Å². The van der Waals surface area contributed by atoms with Crippen LogP contribution in [0.25, 0.3) is 0 Å². The second-order valence-electron chi connectivity index (χ2n) is 4.89. The normalized spacial score (nSPS) is 34.9. The van der Waals surface area contributed by atoms with Crippen molar-refractivity contribution in [1.29, 1.82) is 0 Å². The Morgan fingerprint density at radius 1 is 1.56 bits per heavy atom. The van der Waals surface area contributed by atoms with E-state index in [9.17, 15) is 4.79 Å². The van der Waals surface area contributed by atoms with Crippen molar-refractivity contribution in [2.45, 2.75) is 37.6 Å². The molecule has 2 aliphatic heterocycles. The predicted molar refractivity (Wildman–Crippen MR) is 60.1 cm³/mol. The van der Waals surface area contributed by atoms with Crippen molar-refractivity contribution < 1.29 is 14.3 Å². The number of methoxy groups -OCH3 is 1. The number of rotatable bonds is 3. The van der Waals surface area contributed by atoms with Crippen LogP contribution in [-0.2, 0) is 14.3 Å². The molecule has 0 bridgehead atoms. The van der Waals surface area contributed by atoms with Crippen LogP contribution in [0.3, 0.4) is 0 Å². The number of ether oxygens (including phenoxy) is 2. The van der Waals surface area contributed by atoms with Gasteiger partial charge in [0.05, 0.1) is 7.11 Å². The molecule has 0 aliphatic carbocycles. The van der Waals surface area contributed by atoms with Gasteiger partial charge in [-0.3, -0.25) is 4.79 Å². The molecule has 0 radical (unpaired) electrons. The molecule has 0 aromatic rings. The molecule has 0 saturated carbocycles. The van der Waals surface area contributed by atoms with Crippen LogP contribution >= 0.6 is 0 Å². The highest BCUT2D eigenvalue weighted by molar-refractivity contribution is 5.81. The second-order valence-corrected chi connectivity index (χ2v) is 4.89. The molecule has 0 spiro atoms. The molecular weight excluding hydrogens is 206 g/mol. The highest BCUT2D eigenvalue weighted by Crippen LogP contribution is 2.31. The van der Waals surface area contributed by atoms with E-state index in [1.807, 2.05) is 0 Å². The summed E-state index contributed by atoms with van der Waals surface area (Å²) in [5.74, 6) is 0.397. The molecule has 92 valence electrons. The number of carbonyl (C=O) groups is 1. The Labute approximate surface area is 96.7 Å². The summed E-state index contributed by atoms with van der Waals surface area (Å²) in [6.07, 6.45) is 5.10. The fourth-order valence-electron chi connectivity index (χ4n) is 2.89. The first-order valence-corrected chi connectivity index (χ1v) is 6.18. The van der Waals surface area contributed by atoms with Crippen molar-refractivity contribution in [1.82, 2.24) is 5.32 Å². The minimum absolute atomic E-state index is 0.101. The lowest BCUT2D eigenvalue weighted by molar-refractivity contribution is -0.149. The van der Waals surface area contributed by atoms with E-state index < -0.39 is 5.54 Å². The Kier molecular flexibility index (Phi) is 3.82. The van der Waals surface area contributed by atoms with E-state index in [2.05, 4.69) is 5.32 Å². The largest absolute Gasteiger partial charge is 0.468 e. The van der Waals surface area contributed by atoms with Crippen molar-refractivity contribution in [3.8, 4) is 0 Å². The quantitative estimate of drug-likeness (QED) is 0.733. The highest BCUT2D eigenvalue weighted by atomic mass is 16.5. The van der Waals surface area contributed by atoms with E-state index in [1.165, 1.54) is 13.5 Å². The molecule has 2 fully saturated rings. The summed E-state index contributed by atoms with van der Waals surface area (Å²) in [6.45, 7) is 2.58. The van der Waals surface area contributed by atoms with E-state index in [1.54, 1.807) is 0 Å². The zero-order valence-corrected chi connectivity index (χ0v) is 9.96. The van der Waals surface area contributed by atoms with Gasteiger partial charge in [-0.2, -0.15) is 0 Å². The van der Waals surface area contributed by atoms with Crippen LogP contribution in [0.2, 0.25) is 0 Å². The van der Waals surface area contributed by atoms with Crippen LogP contribution in [0.5, 0.6) is 0 Å². The molecule has 0 amide bonds. The van der Waals surface area contributed by atoms with Gasteiger partial charge in [0.15, 0.2) is 0 Å². The van der Waals surface area contributed by atoms with Gasteiger partial charge in [0, 0.05) is 13.2 Å². The zero-order valence-electron chi connectivity index (χ0n) is 9.96. The molecule has 1 N–H and O–H groups in total. The number of hydrogen-bond donors (Lipinski definition) is 1. The molecule has 4 nitrogen and oxygen atoms in total. The monoisotopic (exact) mass is 227 g/mol. The van der Waals surface area contributed by atoms with Gasteiger partial charge in [0.2, 0.25) is 0 Å². The van der Waals surface area contributed by atoms with Gasteiger partial charge in [0.25, 0.3) is 0 Å². The Hall–Kier alpha value is -0.610. The molecule has 2 unspecified atom stereocenters. The second kappa shape index (κ2) is 5.15. The third-order valence-corrected chi connectivity index (χ3v) is 3.71. The lowest BCUT2D eigenvalue weighted by Crippen LogP contribution is -2.50. The van der Waals surface area contributed by atoms with E-state index >= 15 is 0 Å². The van der Waals surface area contributed by atoms with E-state index in [-0.39, 0.29) is 5.97 Å². The summed E-state index contributed by atoms with van der Waals surface area (Å²) >= 11 is 0. The Morgan fingerprint density at radius 2 is 2.44 bits per heavy atom. The molecule has 2 saturated heterocycles. The molecular formula is C12H21NO3. The Balaban J connectivity index is 1.98. The average Bonchev–Trinajstić information content (AvgIpc) is 2.79. The van der Waals surface area contributed by atoms with Crippen molar-refractivity contribution in [3.05, 3.63) is 0 Å². The minimum atomic E-state index is -0.430. The maximum Gasteiger partial charge on any atom is 0.326 e. The van der Waals surface area contributed by atoms with Gasteiger partial charge in [-0.25, -0.2) is 0 Å². The number of esters is 1. The molecule has 2 rings (SSSR count). The Morgan fingerprint density at radius 3 is 3.00 bits per heavy atom. The van der Waals surface area contributed by atoms with Crippen LogP contribution in [0.4, 0.5) is 0 Å². The molecule has 2 aliphatic rings. The maximum atomic E-state index is 11.9. The maximum absolute atomic E-state index is 11.9. The zero-order chi connectivity index (χ0) is 11.4. The van der Waals surface area contributed by atoms with Crippen LogP contribution in [0, 0.1) is 5.92 Å². The van der Waals surface area contributed by atoms with E-state index in [0.717, 1.165) is 45.4 Å². The SMILES string of the molecule is COC(=O)C1(CC2CCCOC2)CCCN1. The predicted octanol–water partition coefficient (Wildman–Crippen LogP) is 1.10. The van der Waals surface area contributed by atoms with Crippen molar-refractivity contribution in [3.63, 3.8) is 0 Å². The van der Waals surface area contributed by atoms with Crippen LogP contribution in [0.1, 0.15) is 32.1 Å². The average molecular weight is 227 g/mol. The molecule has 2 heterocycles. The van der Waals surface area contributed by atoms with E-state index in [4.69, 9.17) is 9.47 Å². The highest BCUT2D eigenvalue weighted by Gasteiger charge is 2.43. The lowest BCUT2D eigenvalue weighted by Gasteiger charge is -2.32. The van der Waals surface area contributed by atoms with Crippen LogP contribution < -0.4 is 5.32 Å². The lowest BCUT2D eigenvalue weighted by atomic mass is 9.83. The van der Waals surface area contributed by atoms with Gasteiger partial charge >= 0.3 is 5.97 Å². The summed E-state index contributed by atoms with van der Waals surface area (Å²) in [5.41, 5.74) is -0.430. The van der Waals surface area contributed by atoms with Crippen molar-refractivity contribution in [2.75, 3.05) is 26.9 Å². The summed E-state index contributed by atoms with van der Waals surface area (Å²) in [4.78, 5) is 11.9. The first-order chi connectivity index (χ1) is 7.77. The minimum Gasteiger partial charge on any atom is -0.468 e. The van der Waals surface area contributed by atoms with E-state index in [0.29, 0.717) is 5.92 Å². The summed E-state index contributed by atoms with van der Waals surface area (Å²) < 4.78 is 10.4. The van der Waals surface area contributed by atoms with Crippen LogP contribution in [-0.4, -0.2) is 38.4 Å². The summed E-state index contributed by atoms with van der Waals surface area (Å²) in [7, 11) is 1.47. The molecule has 2 atom stereocenters. The fourth-order valence-corrected chi connectivity index (χ4v) is 2.89. The summed E-state index contributed by atoms with van der Waals surface area (Å²) in [5, 5.41) is 3.34. The van der Waals surface area contributed by atoms with Crippen molar-refractivity contribution in [2.24, 2.45) is 5.92 Å². The number of carbonyl (C=O) groups excluding carboxylic acids is 1. The third-order valence-electron chi connectivity index (χ3n) is 3.71. The fraction of sp³-hybridized carbons (Fsp3) is 0.917. The molecule has 16 heavy (non-hydrogen) atoms. The van der Waals surface area contributed by atoms with Gasteiger partial charge in [-0.05, 0) is 44.6 Å². The number of nitrogens with one attached hydrogen (secondary N) is 1. The first-order valence-electron chi connectivity index (χ1n) is 6.18. The molecule has 0 aromatic heterocycles. The Bertz CT molecular complexity index is 243. The number of hydrogen-bond acceptors (Lipinski definition) is 4. The molecule has 4 heteroatoms. The summed E-state index contributed by atoms with van der Waals surface area (Å²) in [6, 6.07) is 0. The molecule has 0 aromatic carbocycles. The van der Waals surface area contributed by atoms with Gasteiger partial charge < -0.3 is 14.8 Å². The van der Waals surface area contributed by atoms with Gasteiger partial charge in [-0.1, -0.05) is 0 Å². The smallest absolute Gasteiger partial charge is 0.326 e. The van der Waals surface area contributed by atoms with Gasteiger partial charge in [-0.15, -0.1) is 0 Å². The van der Waals surface area contributed by atoms with Crippen molar-refractivity contribution >= 4 is 5.97 Å². The third kappa shape index (κ3) is 2.38.